The third kappa shape index (κ3) is 13.1. The second kappa shape index (κ2) is 22.1. The van der Waals surface area contributed by atoms with Crippen molar-refractivity contribution in [3.8, 4) is 0 Å². The SMILES string of the molecule is C(=C\c1ccccc1)/C[PH+](C1CCCCC1)C1CCCCC1.C(=C\c1ccccc1)/C[PH+](C1CCCCC1)C1CCCCC1.[Pd]. The fourth-order valence-electron chi connectivity index (χ4n) is 9.02. The van der Waals surface area contributed by atoms with E-state index in [0.717, 1.165) is 22.6 Å². The zero-order valence-electron chi connectivity index (χ0n) is 28.3. The first-order chi connectivity index (χ1) is 21.9. The molecule has 2 aromatic rings. The van der Waals surface area contributed by atoms with E-state index in [1.54, 1.807) is 51.4 Å². The Morgan fingerprint density at radius 3 is 0.933 bits per heavy atom. The second-order valence-corrected chi connectivity index (χ2v) is 20.9. The monoisotopic (exact) mass is 736 g/mol. The Kier molecular flexibility index (Phi) is 18.3. The molecule has 0 radical (unpaired) electrons. The molecular formula is C42H64P2Pd+2. The molecule has 0 nitrogen and oxygen atoms in total. The van der Waals surface area contributed by atoms with Gasteiger partial charge in [0, 0.05) is 36.3 Å². The van der Waals surface area contributed by atoms with Gasteiger partial charge >= 0.3 is 0 Å². The number of hydrogen-bond donors (Lipinski definition) is 0. The minimum Gasteiger partial charge on any atom is -0.0622 e. The first-order valence-corrected chi connectivity index (χ1v) is 22.7. The molecule has 0 aromatic heterocycles. The summed E-state index contributed by atoms with van der Waals surface area (Å²) in [5, 5.41) is 0. The molecule has 0 aliphatic heterocycles. The summed E-state index contributed by atoms with van der Waals surface area (Å²) < 4.78 is 0. The molecule has 0 saturated heterocycles. The van der Waals surface area contributed by atoms with Crippen LogP contribution in [0.5, 0.6) is 0 Å². The maximum absolute atomic E-state index is 2.52. The second-order valence-electron chi connectivity index (χ2n) is 14.5. The van der Waals surface area contributed by atoms with Crippen LogP contribution in [0.4, 0.5) is 0 Å². The first-order valence-electron chi connectivity index (χ1n) is 19.0. The predicted octanol–water partition coefficient (Wildman–Crippen LogP) is 13.2. The summed E-state index contributed by atoms with van der Waals surface area (Å²) in [5.41, 5.74) is 7.20. The molecule has 250 valence electrons. The van der Waals surface area contributed by atoms with E-state index in [9.17, 15) is 0 Å². The quantitative estimate of drug-likeness (QED) is 0.168. The van der Waals surface area contributed by atoms with Crippen LogP contribution in [0.25, 0.3) is 12.2 Å². The zero-order chi connectivity index (χ0) is 30.1. The van der Waals surface area contributed by atoms with Gasteiger partial charge in [0.25, 0.3) is 0 Å². The van der Waals surface area contributed by atoms with Crippen molar-refractivity contribution in [2.24, 2.45) is 0 Å². The van der Waals surface area contributed by atoms with E-state index in [0.29, 0.717) is 0 Å². The molecule has 0 heterocycles. The third-order valence-corrected chi connectivity index (χ3v) is 19.4. The van der Waals surface area contributed by atoms with Gasteiger partial charge in [-0.2, -0.15) is 0 Å². The van der Waals surface area contributed by atoms with Gasteiger partial charge in [-0.1, -0.05) is 98.5 Å². The molecule has 4 aliphatic rings. The molecule has 3 heteroatoms. The summed E-state index contributed by atoms with van der Waals surface area (Å²) in [6.45, 7) is 0. The molecule has 0 bridgehead atoms. The van der Waals surface area contributed by atoms with Gasteiger partial charge in [0.15, 0.2) is 0 Å². The average Bonchev–Trinajstić information content (AvgIpc) is 3.11. The van der Waals surface area contributed by atoms with E-state index in [-0.39, 0.29) is 36.3 Å². The zero-order valence-corrected chi connectivity index (χ0v) is 31.8. The fourth-order valence-corrected chi connectivity index (χ4v) is 17.1. The molecule has 0 N–H and O–H groups in total. The molecule has 4 aliphatic carbocycles. The van der Waals surface area contributed by atoms with Gasteiger partial charge in [-0.15, -0.1) is 0 Å². The molecule has 0 atom stereocenters. The van der Waals surface area contributed by atoms with Crippen LogP contribution in [0.2, 0.25) is 0 Å². The molecule has 4 saturated carbocycles. The van der Waals surface area contributed by atoms with Gasteiger partial charge in [0.05, 0.1) is 35.0 Å². The van der Waals surface area contributed by atoms with Crippen LogP contribution in [-0.4, -0.2) is 35.0 Å². The van der Waals surface area contributed by atoms with Gasteiger partial charge in [-0.25, -0.2) is 0 Å². The molecule has 45 heavy (non-hydrogen) atoms. The Morgan fingerprint density at radius 1 is 0.400 bits per heavy atom. The van der Waals surface area contributed by atoms with Crippen LogP contribution in [0, 0.1) is 0 Å². The third-order valence-electron chi connectivity index (χ3n) is 11.4. The Hall–Kier alpha value is -0.558. The summed E-state index contributed by atoms with van der Waals surface area (Å²) in [6, 6.07) is 21.7. The number of hydrogen-bond acceptors (Lipinski definition) is 0. The number of rotatable bonds is 10. The molecule has 0 unspecified atom stereocenters. The van der Waals surface area contributed by atoms with Crippen molar-refractivity contribution in [2.75, 3.05) is 12.3 Å². The molecule has 0 spiro atoms. The minimum atomic E-state index is -0.202. The van der Waals surface area contributed by atoms with Crippen LogP contribution in [0.1, 0.15) is 140 Å². The fraction of sp³-hybridized carbons (Fsp3) is 0.619. The van der Waals surface area contributed by atoms with Gasteiger partial charge in [-0.05, 0) is 126 Å². The summed E-state index contributed by atoms with van der Waals surface area (Å²) in [4.78, 5) is 0. The van der Waals surface area contributed by atoms with Crippen LogP contribution in [0.3, 0.4) is 0 Å². The Morgan fingerprint density at radius 2 is 0.667 bits per heavy atom. The number of allylic oxidation sites excluding steroid dienone is 2. The Balaban J connectivity index is 0.000000200. The maximum atomic E-state index is 2.52. The topological polar surface area (TPSA) is 0 Å². The molecule has 6 rings (SSSR count). The molecule has 2 aromatic carbocycles. The van der Waals surface area contributed by atoms with Crippen molar-refractivity contribution < 1.29 is 20.4 Å². The summed E-state index contributed by atoms with van der Waals surface area (Å²) in [5.74, 6) is 0. The predicted molar refractivity (Wildman–Crippen MR) is 205 cm³/mol. The largest absolute Gasteiger partial charge is 0.0759 e. The van der Waals surface area contributed by atoms with Gasteiger partial charge in [0.1, 0.15) is 0 Å². The first kappa shape index (κ1) is 37.3. The summed E-state index contributed by atoms with van der Waals surface area (Å²) in [6.07, 6.45) is 43.0. The van der Waals surface area contributed by atoms with Crippen molar-refractivity contribution >= 4 is 28.0 Å². The Labute approximate surface area is 294 Å². The van der Waals surface area contributed by atoms with Crippen LogP contribution in [0.15, 0.2) is 72.8 Å². The van der Waals surface area contributed by atoms with Crippen molar-refractivity contribution in [2.45, 2.75) is 151 Å². The van der Waals surface area contributed by atoms with Crippen molar-refractivity contribution in [3.63, 3.8) is 0 Å². The minimum absolute atomic E-state index is 0. The van der Waals surface area contributed by atoms with E-state index in [1.165, 1.54) is 101 Å². The summed E-state index contributed by atoms with van der Waals surface area (Å²) >= 11 is 0. The van der Waals surface area contributed by atoms with Gasteiger partial charge < -0.3 is 0 Å². The van der Waals surface area contributed by atoms with E-state index in [4.69, 9.17) is 0 Å². The van der Waals surface area contributed by atoms with Gasteiger partial charge in [-0.3, -0.25) is 0 Å². The normalized spacial score (nSPS) is 21.2. The molecule has 4 fully saturated rings. The van der Waals surface area contributed by atoms with Crippen molar-refractivity contribution in [1.29, 1.82) is 0 Å². The standard InChI is InChI=1S/2C21H31P.Pd/c2*1-4-11-19(12-5-1)13-10-18-22(20-14-6-2-7-15-20)21-16-8-3-9-17-21;/h2*1,4-5,10-13,20-21H,2-3,6-9,14-18H2;/p+2/b2*13-10+;. The van der Waals surface area contributed by atoms with Crippen molar-refractivity contribution in [1.82, 2.24) is 0 Å². The van der Waals surface area contributed by atoms with Crippen molar-refractivity contribution in [3.05, 3.63) is 83.9 Å². The maximum Gasteiger partial charge on any atom is 0.0759 e. The van der Waals surface area contributed by atoms with Crippen LogP contribution >= 0.6 is 15.8 Å². The van der Waals surface area contributed by atoms with Crippen LogP contribution in [-0.2, 0) is 20.4 Å². The molecule has 0 amide bonds. The Bertz CT molecular complexity index is 935. The summed E-state index contributed by atoms with van der Waals surface area (Å²) in [7, 11) is -0.405. The van der Waals surface area contributed by atoms with Gasteiger partial charge in [0.2, 0.25) is 0 Å². The molecular weight excluding hydrogens is 673 g/mol. The van der Waals surface area contributed by atoms with E-state index >= 15 is 0 Å². The average molecular weight is 737 g/mol. The van der Waals surface area contributed by atoms with E-state index in [2.05, 4.69) is 85.0 Å². The van der Waals surface area contributed by atoms with E-state index < -0.39 is 0 Å². The van der Waals surface area contributed by atoms with E-state index in [1.807, 2.05) is 0 Å². The van der Waals surface area contributed by atoms with Crippen LogP contribution < -0.4 is 0 Å². The smallest absolute Gasteiger partial charge is 0.0622 e. The number of benzene rings is 2.